The number of nitrogens with zero attached hydrogens (tertiary/aromatic N) is 1. The number of unbranched alkanes of at least 4 members (excludes halogenated alkanes) is 3. The number of hydrogen-bond donors (Lipinski definition) is 17. The lowest BCUT2D eigenvalue weighted by molar-refractivity contribution is -0.144. The largest absolute Gasteiger partial charge is 0.481 e. The summed E-state index contributed by atoms with van der Waals surface area (Å²) in [4.78, 5) is 147. The number of aliphatic imine (C=N–C) groups is 1. The van der Waals surface area contributed by atoms with Gasteiger partial charge in [-0.2, -0.15) is 0 Å². The van der Waals surface area contributed by atoms with Gasteiger partial charge in [-0.25, -0.2) is 4.79 Å². The number of carboxylic acid groups (broad SMARTS) is 3. The second-order valence-electron chi connectivity index (χ2n) is 18.2. The molecule has 74 heavy (non-hydrogen) atoms. The standard InChI is InChI=1S/C45H83N15O14/c1-24(2)22-33(44(73)74)60-42(71)31(16-17-34(61)62)58-43(72)32(23-35(63)64)59-41(70)29(14-7-10-20-48)57-40(69)28(13-6-9-19-47)55-37(66)26(4)54-39(68)30(15-11-21-52-45(50)51)56-36(65)25(3)53-38(67)27(49)12-5-8-18-46/h24-33H,5-23,46-49H2,1-4H3,(H,53,67)(H,54,68)(H,55,66)(H,56,65)(H,57,69)(H,58,72)(H,59,70)(H,60,71)(H,61,62)(H,63,64)(H,73,74)(H4,50,51,52)/t25-,26-,27-,28-,29-,30-,31-,32-,33-/m0/s1. The molecule has 0 fully saturated rings. The molecule has 0 heterocycles. The van der Waals surface area contributed by atoms with Crippen molar-refractivity contribution in [1.29, 1.82) is 0 Å². The molecule has 29 nitrogen and oxygen atoms in total. The van der Waals surface area contributed by atoms with E-state index in [2.05, 4.69) is 47.5 Å². The van der Waals surface area contributed by atoms with E-state index in [1.807, 2.05) is 0 Å². The van der Waals surface area contributed by atoms with Gasteiger partial charge < -0.3 is 92.3 Å². The second-order valence-corrected chi connectivity index (χ2v) is 18.2. The van der Waals surface area contributed by atoms with Crippen molar-refractivity contribution in [3.8, 4) is 0 Å². The zero-order chi connectivity index (χ0) is 56.5. The molecule has 0 aliphatic carbocycles. The SMILES string of the molecule is CC(C)C[C@H](NC(=O)[C@H](CCC(=O)O)NC(=O)[C@H](CC(=O)O)NC(=O)[C@H](CCCCN)NC(=O)[C@H](CCCCN)NC(=O)[C@H](C)NC(=O)[C@H](CCCN=C(N)N)NC(=O)[C@H](C)NC(=O)[C@@H](N)CCCCN)C(=O)O. The van der Waals surface area contributed by atoms with Crippen molar-refractivity contribution in [2.24, 2.45) is 45.3 Å². The quantitative estimate of drug-likeness (QED) is 0.0155. The summed E-state index contributed by atoms with van der Waals surface area (Å²) in [6.07, 6.45) is 0.572. The minimum absolute atomic E-state index is 0.0227. The number of rotatable bonds is 40. The number of amides is 8. The molecule has 422 valence electrons. The minimum Gasteiger partial charge on any atom is -0.481 e. The average molecular weight is 1060 g/mol. The number of nitrogens with two attached hydrogens (primary N) is 6. The number of carbonyl (C=O) groups is 11. The molecule has 0 radical (unpaired) electrons. The zero-order valence-electron chi connectivity index (χ0n) is 43.0. The lowest BCUT2D eigenvalue weighted by Gasteiger charge is -2.27. The van der Waals surface area contributed by atoms with Crippen LogP contribution < -0.4 is 76.9 Å². The maximum absolute atomic E-state index is 14.0. The first kappa shape index (κ1) is 67.3. The molecule has 0 aliphatic rings. The Kier molecular flexibility index (Phi) is 33.7. The summed E-state index contributed by atoms with van der Waals surface area (Å²) in [6, 6.07) is -12.5. The van der Waals surface area contributed by atoms with E-state index in [9.17, 15) is 68.1 Å². The third-order valence-electron chi connectivity index (χ3n) is 11.2. The van der Waals surface area contributed by atoms with Crippen LogP contribution >= 0.6 is 0 Å². The van der Waals surface area contributed by atoms with Crippen LogP contribution in [0.5, 0.6) is 0 Å². The highest BCUT2D eigenvalue weighted by atomic mass is 16.4. The molecule has 0 aliphatic heterocycles. The highest BCUT2D eigenvalue weighted by Crippen LogP contribution is 2.11. The lowest BCUT2D eigenvalue weighted by atomic mass is 10.0. The van der Waals surface area contributed by atoms with Gasteiger partial charge in [0.25, 0.3) is 0 Å². The molecular formula is C45H83N15O14. The Hall–Kier alpha value is -6.72. The lowest BCUT2D eigenvalue weighted by Crippen LogP contribution is -2.60. The molecule has 0 rings (SSSR count). The predicted molar refractivity (Wildman–Crippen MR) is 270 cm³/mol. The van der Waals surface area contributed by atoms with E-state index < -0.39 is 139 Å². The summed E-state index contributed by atoms with van der Waals surface area (Å²) in [7, 11) is 0. The van der Waals surface area contributed by atoms with Crippen molar-refractivity contribution in [1.82, 2.24) is 42.5 Å². The third-order valence-corrected chi connectivity index (χ3v) is 11.2. The van der Waals surface area contributed by atoms with E-state index >= 15 is 0 Å². The first-order valence-corrected chi connectivity index (χ1v) is 24.8. The van der Waals surface area contributed by atoms with Crippen LogP contribution in [0.4, 0.5) is 0 Å². The number of guanidine groups is 1. The Bertz CT molecular complexity index is 1890. The van der Waals surface area contributed by atoms with E-state index in [1.54, 1.807) is 13.8 Å². The fourth-order valence-electron chi connectivity index (χ4n) is 7.00. The number of carboxylic acids is 3. The topological polar surface area (TPSA) is 513 Å². The summed E-state index contributed by atoms with van der Waals surface area (Å²) >= 11 is 0. The maximum atomic E-state index is 14.0. The maximum Gasteiger partial charge on any atom is 0.326 e. The Balaban J connectivity index is 6.50. The zero-order valence-corrected chi connectivity index (χ0v) is 43.0. The van der Waals surface area contributed by atoms with Crippen LogP contribution in [0.15, 0.2) is 4.99 Å². The number of carbonyl (C=O) groups excluding carboxylic acids is 8. The molecule has 8 amide bonds. The third kappa shape index (κ3) is 29.1. The van der Waals surface area contributed by atoms with Gasteiger partial charge in [-0.3, -0.25) is 52.9 Å². The Labute approximate surface area is 430 Å². The van der Waals surface area contributed by atoms with Gasteiger partial charge in [0.1, 0.15) is 48.3 Å². The van der Waals surface area contributed by atoms with Crippen LogP contribution in [0.2, 0.25) is 0 Å². The highest BCUT2D eigenvalue weighted by molar-refractivity contribution is 5.98. The van der Waals surface area contributed by atoms with Crippen molar-refractivity contribution in [2.45, 2.75) is 178 Å². The van der Waals surface area contributed by atoms with Gasteiger partial charge in [-0.05, 0) is 116 Å². The molecule has 0 saturated carbocycles. The van der Waals surface area contributed by atoms with E-state index in [1.165, 1.54) is 13.8 Å². The van der Waals surface area contributed by atoms with Gasteiger partial charge >= 0.3 is 17.9 Å². The van der Waals surface area contributed by atoms with Gasteiger partial charge in [0, 0.05) is 13.0 Å². The van der Waals surface area contributed by atoms with Crippen molar-refractivity contribution in [2.75, 3.05) is 26.2 Å². The number of nitrogens with one attached hydrogen (secondary N) is 8. The molecule has 0 aromatic heterocycles. The monoisotopic (exact) mass is 1060 g/mol. The highest BCUT2D eigenvalue weighted by Gasteiger charge is 2.35. The minimum atomic E-state index is -1.92. The van der Waals surface area contributed by atoms with Crippen LogP contribution in [-0.4, -0.2) is 167 Å². The first-order valence-electron chi connectivity index (χ1n) is 24.8. The Morgan fingerprint density at radius 2 is 0.797 bits per heavy atom. The van der Waals surface area contributed by atoms with Crippen molar-refractivity contribution >= 4 is 71.1 Å². The van der Waals surface area contributed by atoms with E-state index in [-0.39, 0.29) is 70.0 Å². The summed E-state index contributed by atoms with van der Waals surface area (Å²) < 4.78 is 0. The van der Waals surface area contributed by atoms with E-state index in [0.717, 1.165) is 0 Å². The molecule has 9 atom stereocenters. The summed E-state index contributed by atoms with van der Waals surface area (Å²) in [5.74, 6) is -12.1. The van der Waals surface area contributed by atoms with Gasteiger partial charge in [0.2, 0.25) is 47.3 Å². The van der Waals surface area contributed by atoms with Gasteiger partial charge in [0.15, 0.2) is 5.96 Å². The van der Waals surface area contributed by atoms with Gasteiger partial charge in [-0.15, -0.1) is 0 Å². The number of aliphatic carboxylic acids is 3. The molecule has 0 saturated heterocycles. The molecule has 29 heteroatoms. The average Bonchev–Trinajstić information content (AvgIpc) is 3.31. The van der Waals surface area contributed by atoms with E-state index in [0.29, 0.717) is 45.1 Å². The molecular weight excluding hydrogens is 975 g/mol. The Morgan fingerprint density at radius 1 is 0.432 bits per heavy atom. The fraction of sp³-hybridized carbons (Fsp3) is 0.733. The molecule has 0 aromatic rings. The van der Waals surface area contributed by atoms with Crippen LogP contribution in [-0.2, 0) is 52.7 Å². The summed E-state index contributed by atoms with van der Waals surface area (Å²) in [6.45, 7) is 6.96. The van der Waals surface area contributed by atoms with Gasteiger partial charge in [0.05, 0.1) is 12.5 Å². The predicted octanol–water partition coefficient (Wildman–Crippen LogP) is -4.86. The smallest absolute Gasteiger partial charge is 0.326 e. The van der Waals surface area contributed by atoms with Crippen molar-refractivity contribution in [3.63, 3.8) is 0 Å². The molecule has 23 N–H and O–H groups in total. The number of hydrogen-bond acceptors (Lipinski definition) is 16. The Morgan fingerprint density at radius 3 is 1.20 bits per heavy atom. The summed E-state index contributed by atoms with van der Waals surface area (Å²) in [5, 5.41) is 48.1. The van der Waals surface area contributed by atoms with Crippen LogP contribution in [0.3, 0.4) is 0 Å². The van der Waals surface area contributed by atoms with Crippen LogP contribution in [0.25, 0.3) is 0 Å². The molecule has 0 spiro atoms. The van der Waals surface area contributed by atoms with Crippen molar-refractivity contribution in [3.05, 3.63) is 0 Å². The van der Waals surface area contributed by atoms with Crippen LogP contribution in [0.1, 0.15) is 124 Å². The van der Waals surface area contributed by atoms with E-state index in [4.69, 9.17) is 34.4 Å². The van der Waals surface area contributed by atoms with Crippen molar-refractivity contribution < 1.29 is 68.1 Å². The van der Waals surface area contributed by atoms with Crippen LogP contribution in [0, 0.1) is 5.92 Å². The first-order chi connectivity index (χ1) is 34.8. The molecule has 0 unspecified atom stereocenters. The van der Waals surface area contributed by atoms with Gasteiger partial charge in [-0.1, -0.05) is 20.3 Å². The molecule has 0 aromatic carbocycles. The molecule has 0 bridgehead atoms. The normalized spacial score (nSPS) is 14.7. The summed E-state index contributed by atoms with van der Waals surface area (Å²) in [5.41, 5.74) is 33.7. The second kappa shape index (κ2) is 37.1. The fourth-order valence-corrected chi connectivity index (χ4v) is 7.00.